The summed E-state index contributed by atoms with van der Waals surface area (Å²) in [4.78, 5) is 14.5. The van der Waals surface area contributed by atoms with Crippen LogP contribution in [0.25, 0.3) is 0 Å². The number of ketones is 1. The molecular formula is C26H41B2F8N5O2. The Morgan fingerprint density at radius 3 is 1.72 bits per heavy atom. The van der Waals surface area contributed by atoms with Crippen molar-refractivity contribution in [1.82, 2.24) is 0 Å². The van der Waals surface area contributed by atoms with E-state index in [0.717, 1.165) is 28.0 Å². The predicted molar refractivity (Wildman–Crippen MR) is 156 cm³/mol. The number of aliphatic hydroxyl groups excluding tert-OH is 1. The Labute approximate surface area is 248 Å². The molecule has 1 N–H and O–H groups in total. The molecule has 0 heterocycles. The van der Waals surface area contributed by atoms with E-state index in [1.54, 1.807) is 0 Å². The van der Waals surface area contributed by atoms with Gasteiger partial charge in [-0.15, -0.1) is 0 Å². The predicted octanol–water partition coefficient (Wildman–Crippen LogP) is 6.79. The van der Waals surface area contributed by atoms with Crippen molar-refractivity contribution < 1.29 is 53.4 Å². The third kappa shape index (κ3) is 22.2. The van der Waals surface area contributed by atoms with Crippen molar-refractivity contribution in [2.45, 2.75) is 20.0 Å². The van der Waals surface area contributed by atoms with E-state index in [9.17, 15) is 44.4 Å². The molecule has 0 aromatic heterocycles. The van der Waals surface area contributed by atoms with Gasteiger partial charge >= 0.3 is 14.5 Å². The highest BCUT2D eigenvalue weighted by molar-refractivity contribution is 6.50. The third-order valence-corrected chi connectivity index (χ3v) is 5.20. The molecule has 0 radical (unpaired) electrons. The van der Waals surface area contributed by atoms with Gasteiger partial charge in [0, 0.05) is 24.3 Å². The highest BCUT2D eigenvalue weighted by Gasteiger charge is 2.21. The quantitative estimate of drug-likeness (QED) is 0.0980. The molecule has 7 nitrogen and oxygen atoms in total. The molecule has 2 rings (SSSR count). The van der Waals surface area contributed by atoms with Gasteiger partial charge in [0.2, 0.25) is 5.78 Å². The van der Waals surface area contributed by atoms with Crippen molar-refractivity contribution in [3.8, 4) is 0 Å². The minimum absolute atomic E-state index is 0.115. The van der Waals surface area contributed by atoms with Crippen LogP contribution in [0.2, 0.25) is 0 Å². The third-order valence-electron chi connectivity index (χ3n) is 5.20. The van der Waals surface area contributed by atoms with Gasteiger partial charge in [-0.3, -0.25) is 4.79 Å². The fourth-order valence-corrected chi connectivity index (χ4v) is 3.66. The van der Waals surface area contributed by atoms with Gasteiger partial charge in [0.05, 0.1) is 53.7 Å². The van der Waals surface area contributed by atoms with Crippen LogP contribution in [0.15, 0.2) is 52.7 Å². The normalized spacial score (nSPS) is 13.0. The number of likely N-dealkylation sites (N-methyl/N-ethyl adjacent to an activating group) is 3. The Hall–Kier alpha value is -3.04. The Morgan fingerprint density at radius 1 is 0.837 bits per heavy atom. The van der Waals surface area contributed by atoms with Gasteiger partial charge in [0.15, 0.2) is 0 Å². The van der Waals surface area contributed by atoms with Gasteiger partial charge in [-0.05, 0) is 61.9 Å². The van der Waals surface area contributed by atoms with E-state index in [0.29, 0.717) is 35.4 Å². The van der Waals surface area contributed by atoms with Crippen LogP contribution in [0.3, 0.4) is 0 Å². The van der Waals surface area contributed by atoms with E-state index in [-0.39, 0.29) is 5.78 Å². The molecule has 0 spiro atoms. The van der Waals surface area contributed by atoms with Crippen LogP contribution < -0.4 is 4.90 Å². The first-order valence-corrected chi connectivity index (χ1v) is 13.2. The Morgan fingerprint density at radius 2 is 1.33 bits per heavy atom. The lowest BCUT2D eigenvalue weighted by Crippen LogP contribution is -2.46. The molecular weight excluding hydrogens is 588 g/mol. The number of aryl methyl sites for hydroxylation is 1. The number of hydrogen-bond donors (Lipinski definition) is 1. The van der Waals surface area contributed by atoms with Crippen LogP contribution in [0.1, 0.15) is 22.8 Å². The zero-order chi connectivity index (χ0) is 33.8. The summed E-state index contributed by atoms with van der Waals surface area (Å²) in [7, 11) is 0.254. The van der Waals surface area contributed by atoms with Crippen LogP contribution in [0.4, 0.5) is 51.6 Å². The standard InChI is InChI=1S/C26H41N5O2.2BF4/c1-9-29(17-24(32)18-30(3,4)5)23-14-15-25(20(2)16-23)28-27-22-12-10-21(11-13-22)26(33)19-31(6,7)8;2*2-1(3,4)5/h10-16,24,32H,9,17-19H2,1-8H3;;/q+2;2*-1. The summed E-state index contributed by atoms with van der Waals surface area (Å²) < 4.78 is 79.3. The Balaban J connectivity index is 0.00000152. The minimum atomic E-state index is -6.00. The van der Waals surface area contributed by atoms with Crippen molar-refractivity contribution in [3.05, 3.63) is 53.6 Å². The summed E-state index contributed by atoms with van der Waals surface area (Å²) in [5.74, 6) is 0.115. The first kappa shape index (κ1) is 40.0. The number of nitrogens with zero attached hydrogens (tertiary/aromatic N) is 5. The Bertz CT molecular complexity index is 1140. The minimum Gasteiger partial charge on any atom is -0.418 e. The topological polar surface area (TPSA) is 65.3 Å². The number of rotatable bonds is 11. The first-order chi connectivity index (χ1) is 19.3. The largest absolute Gasteiger partial charge is 0.673 e. The fourth-order valence-electron chi connectivity index (χ4n) is 3.66. The monoisotopic (exact) mass is 629 g/mol. The molecule has 0 bridgehead atoms. The molecule has 0 aliphatic rings. The van der Waals surface area contributed by atoms with Gasteiger partial charge in [0.25, 0.3) is 0 Å². The second kappa shape index (κ2) is 16.7. The van der Waals surface area contributed by atoms with Crippen LogP contribution in [-0.4, -0.2) is 109 Å². The van der Waals surface area contributed by atoms with Gasteiger partial charge in [-0.1, -0.05) is 0 Å². The summed E-state index contributed by atoms with van der Waals surface area (Å²) in [6.45, 7) is 6.66. The maximum absolute atomic E-state index is 12.4. The number of azo groups is 1. The van der Waals surface area contributed by atoms with Crippen molar-refractivity contribution in [2.75, 3.05) is 73.4 Å². The smallest absolute Gasteiger partial charge is 0.418 e. The number of benzene rings is 2. The van der Waals surface area contributed by atoms with Crippen molar-refractivity contribution in [2.24, 2.45) is 10.2 Å². The van der Waals surface area contributed by atoms with E-state index < -0.39 is 20.6 Å². The van der Waals surface area contributed by atoms with Crippen LogP contribution in [0, 0.1) is 6.92 Å². The van der Waals surface area contributed by atoms with Crippen LogP contribution in [-0.2, 0) is 0 Å². The number of quaternary nitrogens is 2. The number of carbonyl (C=O) groups is 1. The summed E-state index contributed by atoms with van der Waals surface area (Å²) in [6, 6.07) is 13.3. The zero-order valence-corrected chi connectivity index (χ0v) is 25.7. The lowest BCUT2D eigenvalue weighted by atomic mass is 10.1. The number of anilines is 1. The molecule has 1 unspecified atom stereocenters. The van der Waals surface area contributed by atoms with Gasteiger partial charge < -0.3 is 53.5 Å². The van der Waals surface area contributed by atoms with E-state index in [1.165, 1.54) is 0 Å². The average Bonchev–Trinajstić information content (AvgIpc) is 2.77. The molecule has 0 fully saturated rings. The van der Waals surface area contributed by atoms with E-state index in [4.69, 9.17) is 0 Å². The molecule has 244 valence electrons. The lowest BCUT2D eigenvalue weighted by molar-refractivity contribution is -0.873. The highest BCUT2D eigenvalue weighted by atomic mass is 19.5. The lowest BCUT2D eigenvalue weighted by Gasteiger charge is -2.31. The number of aliphatic hydroxyl groups is 1. The molecule has 0 saturated carbocycles. The maximum Gasteiger partial charge on any atom is 0.673 e. The van der Waals surface area contributed by atoms with Crippen molar-refractivity contribution in [3.63, 3.8) is 0 Å². The van der Waals surface area contributed by atoms with E-state index in [2.05, 4.69) is 49.3 Å². The van der Waals surface area contributed by atoms with E-state index in [1.807, 2.05) is 64.5 Å². The number of halogens is 8. The second-order valence-corrected chi connectivity index (χ2v) is 11.7. The second-order valence-electron chi connectivity index (χ2n) is 11.7. The zero-order valence-electron chi connectivity index (χ0n) is 25.7. The van der Waals surface area contributed by atoms with Gasteiger partial charge in [-0.2, -0.15) is 10.2 Å². The SMILES string of the molecule is CCN(CC(O)C[N+](C)(C)C)c1ccc(N=Nc2ccc(C(=O)C[N+](C)(C)C)cc2)c(C)c1.F[B-](F)(F)F.F[B-](F)(F)F. The summed E-state index contributed by atoms with van der Waals surface area (Å²) >= 11 is 0. The first-order valence-electron chi connectivity index (χ1n) is 13.2. The molecule has 2 aromatic rings. The van der Waals surface area contributed by atoms with Gasteiger partial charge in [-0.25, -0.2) is 0 Å². The summed E-state index contributed by atoms with van der Waals surface area (Å²) in [5.41, 5.74) is 4.28. The molecule has 17 heteroatoms. The summed E-state index contributed by atoms with van der Waals surface area (Å²) in [5, 5.41) is 19.2. The average molecular weight is 629 g/mol. The van der Waals surface area contributed by atoms with E-state index >= 15 is 0 Å². The van der Waals surface area contributed by atoms with Crippen LogP contribution >= 0.6 is 0 Å². The Kier molecular flexibility index (Phi) is 15.5. The number of Topliss-reactive ketones (excluding diaryl/α,β-unsaturated/α-hetero) is 1. The maximum atomic E-state index is 12.4. The number of carbonyl (C=O) groups excluding carboxylic acids is 1. The molecule has 0 amide bonds. The molecule has 0 aliphatic heterocycles. The molecule has 43 heavy (non-hydrogen) atoms. The van der Waals surface area contributed by atoms with Crippen LogP contribution in [0.5, 0.6) is 0 Å². The van der Waals surface area contributed by atoms with Gasteiger partial charge in [0.1, 0.15) is 19.2 Å². The highest BCUT2D eigenvalue weighted by Crippen LogP contribution is 2.27. The fraction of sp³-hybridized carbons (Fsp3) is 0.500. The van der Waals surface area contributed by atoms with Crippen molar-refractivity contribution >= 4 is 37.4 Å². The molecule has 1 atom stereocenters. The summed E-state index contributed by atoms with van der Waals surface area (Å²) in [6.07, 6.45) is -0.401. The van der Waals surface area contributed by atoms with Crippen molar-refractivity contribution in [1.29, 1.82) is 0 Å². The molecule has 0 aliphatic carbocycles. The molecule has 2 aromatic carbocycles. The molecule has 0 saturated heterocycles. The number of hydrogen-bond acceptors (Lipinski definition) is 5.